The SMILES string of the molecule is CC(C)C(=O)c1cnn(CC2CCN(C(=O)OC(C)(C)C)CC2)c1. The largest absolute Gasteiger partial charge is 0.444 e. The van der Waals surface area contributed by atoms with Crippen molar-refractivity contribution in [1.82, 2.24) is 14.7 Å². The van der Waals surface area contributed by atoms with E-state index in [9.17, 15) is 9.59 Å². The lowest BCUT2D eigenvalue weighted by molar-refractivity contribution is 0.0177. The van der Waals surface area contributed by atoms with Gasteiger partial charge in [0.25, 0.3) is 0 Å². The summed E-state index contributed by atoms with van der Waals surface area (Å²) in [5, 5.41) is 4.31. The molecule has 0 radical (unpaired) electrons. The standard InChI is InChI=1S/C18H29N3O3/c1-13(2)16(22)15-10-19-21(12-15)11-14-6-8-20(9-7-14)17(23)24-18(3,4)5/h10,12-14H,6-9,11H2,1-5H3. The Morgan fingerprint density at radius 2 is 1.92 bits per heavy atom. The molecule has 0 spiro atoms. The van der Waals surface area contributed by atoms with Crippen LogP contribution in [0, 0.1) is 11.8 Å². The Kier molecular flexibility index (Phi) is 5.67. The van der Waals surface area contributed by atoms with Gasteiger partial charge in [0.1, 0.15) is 5.60 Å². The van der Waals surface area contributed by atoms with Crippen molar-refractivity contribution in [2.75, 3.05) is 13.1 Å². The molecule has 0 atom stereocenters. The van der Waals surface area contributed by atoms with Crippen LogP contribution in [0.15, 0.2) is 12.4 Å². The zero-order valence-electron chi connectivity index (χ0n) is 15.4. The molecule has 2 heterocycles. The van der Waals surface area contributed by atoms with Crippen LogP contribution < -0.4 is 0 Å². The Morgan fingerprint density at radius 1 is 1.29 bits per heavy atom. The first-order valence-electron chi connectivity index (χ1n) is 8.70. The van der Waals surface area contributed by atoms with E-state index in [0.717, 1.165) is 19.4 Å². The number of hydrogen-bond acceptors (Lipinski definition) is 4. The summed E-state index contributed by atoms with van der Waals surface area (Å²) in [5.41, 5.74) is 0.221. The van der Waals surface area contributed by atoms with Crippen LogP contribution in [0.2, 0.25) is 0 Å². The third-order valence-corrected chi connectivity index (χ3v) is 4.15. The third-order valence-electron chi connectivity index (χ3n) is 4.15. The molecule has 0 N–H and O–H groups in total. The van der Waals surface area contributed by atoms with E-state index in [2.05, 4.69) is 5.10 Å². The highest BCUT2D eigenvalue weighted by Gasteiger charge is 2.27. The van der Waals surface area contributed by atoms with E-state index in [0.29, 0.717) is 24.6 Å². The number of ether oxygens (including phenoxy) is 1. The molecule has 1 saturated heterocycles. The van der Waals surface area contributed by atoms with Gasteiger partial charge in [-0.25, -0.2) is 4.79 Å². The van der Waals surface area contributed by atoms with Crippen molar-refractivity contribution < 1.29 is 14.3 Å². The van der Waals surface area contributed by atoms with Crippen molar-refractivity contribution in [3.05, 3.63) is 18.0 Å². The molecule has 1 fully saturated rings. The molecule has 24 heavy (non-hydrogen) atoms. The zero-order valence-corrected chi connectivity index (χ0v) is 15.4. The summed E-state index contributed by atoms with van der Waals surface area (Å²) >= 11 is 0. The van der Waals surface area contributed by atoms with Crippen LogP contribution in [-0.2, 0) is 11.3 Å². The minimum absolute atomic E-state index is 0.0142. The second kappa shape index (κ2) is 7.36. The molecule has 1 aromatic rings. The van der Waals surface area contributed by atoms with Crippen LogP contribution in [0.1, 0.15) is 57.8 Å². The van der Waals surface area contributed by atoms with Crippen molar-refractivity contribution in [2.45, 2.75) is 59.6 Å². The van der Waals surface area contributed by atoms with Crippen molar-refractivity contribution in [3.63, 3.8) is 0 Å². The van der Waals surface area contributed by atoms with Gasteiger partial charge < -0.3 is 9.64 Å². The van der Waals surface area contributed by atoms with Gasteiger partial charge in [-0.05, 0) is 39.5 Å². The normalized spacial score (nSPS) is 16.5. The van der Waals surface area contributed by atoms with Crippen molar-refractivity contribution in [2.24, 2.45) is 11.8 Å². The average molecular weight is 335 g/mol. The van der Waals surface area contributed by atoms with Crippen LogP contribution in [0.25, 0.3) is 0 Å². The number of Topliss-reactive ketones (excluding diaryl/α,β-unsaturated/α-hetero) is 1. The summed E-state index contributed by atoms with van der Waals surface area (Å²) < 4.78 is 7.27. The number of amides is 1. The van der Waals surface area contributed by atoms with Crippen LogP contribution in [-0.4, -0.2) is 45.2 Å². The van der Waals surface area contributed by atoms with Crippen molar-refractivity contribution in [1.29, 1.82) is 0 Å². The van der Waals surface area contributed by atoms with E-state index in [1.807, 2.05) is 45.5 Å². The van der Waals surface area contributed by atoms with E-state index in [1.54, 1.807) is 11.1 Å². The Morgan fingerprint density at radius 3 is 2.46 bits per heavy atom. The van der Waals surface area contributed by atoms with Crippen LogP contribution in [0.5, 0.6) is 0 Å². The van der Waals surface area contributed by atoms with E-state index >= 15 is 0 Å². The number of carbonyl (C=O) groups is 2. The van der Waals surface area contributed by atoms with Crippen LogP contribution in [0.3, 0.4) is 0 Å². The van der Waals surface area contributed by atoms with Gasteiger partial charge in [-0.15, -0.1) is 0 Å². The highest BCUT2D eigenvalue weighted by Crippen LogP contribution is 2.21. The summed E-state index contributed by atoms with van der Waals surface area (Å²) in [4.78, 5) is 25.8. The minimum atomic E-state index is -0.456. The molecule has 0 saturated carbocycles. The smallest absolute Gasteiger partial charge is 0.410 e. The number of piperidine rings is 1. The molecule has 1 amide bonds. The van der Waals surface area contributed by atoms with E-state index < -0.39 is 5.60 Å². The van der Waals surface area contributed by atoms with Crippen molar-refractivity contribution in [3.8, 4) is 0 Å². The van der Waals surface area contributed by atoms with Gasteiger partial charge in [-0.3, -0.25) is 9.48 Å². The molecule has 0 unspecified atom stereocenters. The quantitative estimate of drug-likeness (QED) is 0.791. The summed E-state index contributed by atoms with van der Waals surface area (Å²) in [6.45, 7) is 11.6. The first kappa shape index (κ1) is 18.5. The number of aromatic nitrogens is 2. The number of carbonyl (C=O) groups excluding carboxylic acids is 2. The molecule has 6 nitrogen and oxygen atoms in total. The number of hydrogen-bond donors (Lipinski definition) is 0. The lowest BCUT2D eigenvalue weighted by atomic mass is 9.97. The van der Waals surface area contributed by atoms with Crippen LogP contribution >= 0.6 is 0 Å². The van der Waals surface area contributed by atoms with Gasteiger partial charge in [0.2, 0.25) is 0 Å². The predicted octanol–water partition coefficient (Wildman–Crippen LogP) is 3.37. The first-order chi connectivity index (χ1) is 11.2. The lowest BCUT2D eigenvalue weighted by Gasteiger charge is -2.33. The molecule has 1 aliphatic rings. The topological polar surface area (TPSA) is 64.4 Å². The average Bonchev–Trinajstić information content (AvgIpc) is 2.93. The van der Waals surface area contributed by atoms with Gasteiger partial charge in [0, 0.05) is 31.7 Å². The third kappa shape index (κ3) is 5.08. The lowest BCUT2D eigenvalue weighted by Crippen LogP contribution is -2.42. The maximum atomic E-state index is 12.1. The molecule has 1 aliphatic heterocycles. The van der Waals surface area contributed by atoms with Gasteiger partial charge in [-0.2, -0.15) is 5.10 Å². The maximum Gasteiger partial charge on any atom is 0.410 e. The molecule has 134 valence electrons. The fourth-order valence-electron chi connectivity index (χ4n) is 2.81. The molecule has 2 rings (SSSR count). The van der Waals surface area contributed by atoms with Gasteiger partial charge >= 0.3 is 6.09 Å². The summed E-state index contributed by atoms with van der Waals surface area (Å²) in [6.07, 6.45) is 5.10. The highest BCUT2D eigenvalue weighted by molar-refractivity contribution is 5.96. The Labute approximate surface area is 144 Å². The second-order valence-electron chi connectivity index (χ2n) is 7.88. The first-order valence-corrected chi connectivity index (χ1v) is 8.70. The Balaban J connectivity index is 1.83. The molecule has 0 bridgehead atoms. The number of nitrogens with zero attached hydrogens (tertiary/aromatic N) is 3. The summed E-state index contributed by atoms with van der Waals surface area (Å²) in [5.74, 6) is 0.575. The van der Waals surface area contributed by atoms with Crippen LogP contribution in [0.4, 0.5) is 4.79 Å². The maximum absolute atomic E-state index is 12.1. The molecule has 1 aromatic heterocycles. The number of rotatable bonds is 4. The minimum Gasteiger partial charge on any atom is -0.444 e. The van der Waals surface area contributed by atoms with Crippen molar-refractivity contribution >= 4 is 11.9 Å². The fourth-order valence-corrected chi connectivity index (χ4v) is 2.81. The summed E-state index contributed by atoms with van der Waals surface area (Å²) in [7, 11) is 0. The van der Waals surface area contributed by atoms with E-state index in [1.165, 1.54) is 0 Å². The van der Waals surface area contributed by atoms with Gasteiger partial charge in [0.15, 0.2) is 5.78 Å². The van der Waals surface area contributed by atoms with E-state index in [-0.39, 0.29) is 17.8 Å². The predicted molar refractivity (Wildman–Crippen MR) is 91.9 cm³/mol. The Bertz CT molecular complexity index is 579. The van der Waals surface area contributed by atoms with Gasteiger partial charge in [0.05, 0.1) is 11.8 Å². The molecular weight excluding hydrogens is 306 g/mol. The molecular formula is C18H29N3O3. The van der Waals surface area contributed by atoms with Gasteiger partial charge in [-0.1, -0.05) is 13.8 Å². The van der Waals surface area contributed by atoms with E-state index in [4.69, 9.17) is 4.74 Å². The molecule has 0 aliphatic carbocycles. The summed E-state index contributed by atoms with van der Waals surface area (Å²) in [6, 6.07) is 0. The number of ketones is 1. The molecule has 0 aromatic carbocycles. The molecule has 6 heteroatoms. The zero-order chi connectivity index (χ0) is 17.9. The highest BCUT2D eigenvalue weighted by atomic mass is 16.6. The second-order valence-corrected chi connectivity index (χ2v) is 7.88. The number of likely N-dealkylation sites (tertiary alicyclic amines) is 1. The Hall–Kier alpha value is -1.85. The monoisotopic (exact) mass is 335 g/mol. The fraction of sp³-hybridized carbons (Fsp3) is 0.722.